The molecule has 0 aromatic heterocycles. The molecule has 28 heavy (non-hydrogen) atoms. The van der Waals surface area contributed by atoms with Gasteiger partial charge in [0.15, 0.2) is 0 Å². The number of fused-ring (bicyclic) bond motifs is 1. The summed E-state index contributed by atoms with van der Waals surface area (Å²) in [6.07, 6.45) is 1.54. The lowest BCUT2D eigenvalue weighted by atomic mass is 9.95. The number of nitrogens with zero attached hydrogens (tertiary/aromatic N) is 2. The summed E-state index contributed by atoms with van der Waals surface area (Å²) in [4.78, 5) is 17.5. The fraction of sp³-hybridized carbons (Fsp3) is 0.435. The summed E-state index contributed by atoms with van der Waals surface area (Å²) < 4.78 is 5.82. The quantitative estimate of drug-likeness (QED) is 0.885. The Hall–Kier alpha value is -2.37. The van der Waals surface area contributed by atoms with Crippen molar-refractivity contribution in [3.8, 4) is 5.75 Å². The fourth-order valence-corrected chi connectivity index (χ4v) is 4.19. The lowest BCUT2D eigenvalue weighted by Gasteiger charge is -2.36. The molecule has 1 fully saturated rings. The second-order valence-corrected chi connectivity index (χ2v) is 7.67. The molecule has 1 atom stereocenters. The van der Waals surface area contributed by atoms with Crippen molar-refractivity contribution >= 4 is 5.91 Å². The van der Waals surface area contributed by atoms with Crippen LogP contribution >= 0.6 is 0 Å². The molecule has 2 aromatic rings. The number of carbonyl (C=O) groups is 1. The van der Waals surface area contributed by atoms with E-state index in [1.807, 2.05) is 41.3 Å². The van der Waals surface area contributed by atoms with Crippen molar-refractivity contribution in [2.75, 3.05) is 32.8 Å². The van der Waals surface area contributed by atoms with Crippen LogP contribution in [-0.4, -0.2) is 53.6 Å². The molecule has 2 heterocycles. The Bertz CT molecular complexity index is 815. The van der Waals surface area contributed by atoms with Crippen molar-refractivity contribution in [3.05, 3.63) is 65.2 Å². The molecule has 0 aliphatic carbocycles. The maximum Gasteiger partial charge on any atom is 0.226 e. The third-order valence-corrected chi connectivity index (χ3v) is 5.88. The van der Waals surface area contributed by atoms with Crippen LogP contribution in [0.4, 0.5) is 0 Å². The molecule has 5 nitrogen and oxygen atoms in total. The zero-order valence-corrected chi connectivity index (χ0v) is 16.2. The Morgan fingerprint density at radius 2 is 1.71 bits per heavy atom. The highest BCUT2D eigenvalue weighted by molar-refractivity contribution is 5.79. The number of rotatable bonds is 4. The predicted molar refractivity (Wildman–Crippen MR) is 108 cm³/mol. The molecule has 1 saturated heterocycles. The predicted octanol–water partition coefficient (Wildman–Crippen LogP) is 2.46. The van der Waals surface area contributed by atoms with Gasteiger partial charge in [-0.15, -0.1) is 0 Å². The van der Waals surface area contributed by atoms with Crippen molar-refractivity contribution in [2.45, 2.75) is 26.0 Å². The first-order valence-electron chi connectivity index (χ1n) is 10.1. The molecule has 0 spiro atoms. The molecular weight excluding hydrogens is 352 g/mol. The maximum absolute atomic E-state index is 13.1. The molecule has 0 radical (unpaired) electrons. The number of piperazine rings is 1. The highest BCUT2D eigenvalue weighted by Gasteiger charge is 2.29. The number of benzene rings is 2. The van der Waals surface area contributed by atoms with Gasteiger partial charge >= 0.3 is 0 Å². The van der Waals surface area contributed by atoms with Crippen LogP contribution in [-0.2, 0) is 24.4 Å². The molecular formula is C23H28N2O3. The number of aliphatic hydroxyl groups is 1. The second kappa shape index (κ2) is 8.76. The van der Waals surface area contributed by atoms with Crippen molar-refractivity contribution in [3.63, 3.8) is 0 Å². The Balaban J connectivity index is 1.34. The number of carbonyl (C=O) groups excluding carboxylic acids is 1. The Morgan fingerprint density at radius 3 is 2.50 bits per heavy atom. The van der Waals surface area contributed by atoms with Gasteiger partial charge in [-0.2, -0.15) is 0 Å². The number of aliphatic hydroxyl groups excluding tert-OH is 1. The third kappa shape index (κ3) is 4.21. The molecule has 2 aliphatic heterocycles. The summed E-state index contributed by atoms with van der Waals surface area (Å²) in [5, 5.41) is 9.52. The first-order chi connectivity index (χ1) is 13.7. The zero-order chi connectivity index (χ0) is 19.3. The van der Waals surface area contributed by atoms with Gasteiger partial charge in [-0.25, -0.2) is 0 Å². The number of para-hydroxylation sites is 1. The summed E-state index contributed by atoms with van der Waals surface area (Å²) in [5.74, 6) is 1.19. The van der Waals surface area contributed by atoms with E-state index in [0.29, 0.717) is 6.61 Å². The van der Waals surface area contributed by atoms with Crippen molar-refractivity contribution in [1.82, 2.24) is 9.80 Å². The van der Waals surface area contributed by atoms with Crippen LogP contribution in [0.15, 0.2) is 48.5 Å². The van der Waals surface area contributed by atoms with Crippen LogP contribution in [0.25, 0.3) is 0 Å². The average Bonchev–Trinajstić information content (AvgIpc) is 2.97. The monoisotopic (exact) mass is 380 g/mol. The number of ether oxygens (including phenoxy) is 1. The molecule has 0 saturated carbocycles. The van der Waals surface area contributed by atoms with Gasteiger partial charge in [0.2, 0.25) is 5.91 Å². The van der Waals surface area contributed by atoms with E-state index in [1.54, 1.807) is 0 Å². The SMILES string of the molecule is O=C(C1CCOc2ccccc2C1)N1CCN(Cc2ccccc2CO)CC1. The highest BCUT2D eigenvalue weighted by atomic mass is 16.5. The molecule has 1 unspecified atom stereocenters. The van der Waals surface area contributed by atoms with E-state index in [1.165, 1.54) is 5.56 Å². The summed E-state index contributed by atoms with van der Waals surface area (Å²) >= 11 is 0. The van der Waals surface area contributed by atoms with E-state index in [9.17, 15) is 9.90 Å². The molecule has 1 N–H and O–H groups in total. The maximum atomic E-state index is 13.1. The highest BCUT2D eigenvalue weighted by Crippen LogP contribution is 2.28. The van der Waals surface area contributed by atoms with E-state index in [4.69, 9.17) is 4.74 Å². The molecule has 148 valence electrons. The van der Waals surface area contributed by atoms with Crippen molar-refractivity contribution in [2.24, 2.45) is 5.92 Å². The second-order valence-electron chi connectivity index (χ2n) is 7.67. The minimum Gasteiger partial charge on any atom is -0.493 e. The number of hydrogen-bond donors (Lipinski definition) is 1. The van der Waals surface area contributed by atoms with Gasteiger partial charge in [0.05, 0.1) is 13.2 Å². The van der Waals surface area contributed by atoms with Crippen LogP contribution in [0.5, 0.6) is 5.75 Å². The zero-order valence-electron chi connectivity index (χ0n) is 16.2. The van der Waals surface area contributed by atoms with E-state index in [-0.39, 0.29) is 18.4 Å². The minimum absolute atomic E-state index is 0.00492. The Labute approximate surface area is 166 Å². The summed E-state index contributed by atoms with van der Waals surface area (Å²) in [5.41, 5.74) is 3.29. The molecule has 2 aliphatic rings. The lowest BCUT2D eigenvalue weighted by Crippen LogP contribution is -2.50. The van der Waals surface area contributed by atoms with Crippen LogP contribution < -0.4 is 4.74 Å². The van der Waals surface area contributed by atoms with Gasteiger partial charge in [0.1, 0.15) is 5.75 Å². The van der Waals surface area contributed by atoms with E-state index < -0.39 is 0 Å². The normalized spacial score (nSPS) is 20.2. The van der Waals surface area contributed by atoms with Gasteiger partial charge in [-0.05, 0) is 35.6 Å². The van der Waals surface area contributed by atoms with E-state index >= 15 is 0 Å². The van der Waals surface area contributed by atoms with Gasteiger partial charge in [-0.3, -0.25) is 9.69 Å². The number of amides is 1. The lowest BCUT2D eigenvalue weighted by molar-refractivity contribution is -0.137. The van der Waals surface area contributed by atoms with E-state index in [2.05, 4.69) is 17.0 Å². The van der Waals surface area contributed by atoms with Gasteiger partial charge in [-0.1, -0.05) is 42.5 Å². The largest absolute Gasteiger partial charge is 0.493 e. The van der Waals surface area contributed by atoms with Crippen molar-refractivity contribution in [1.29, 1.82) is 0 Å². The summed E-state index contributed by atoms with van der Waals surface area (Å²) in [7, 11) is 0. The van der Waals surface area contributed by atoms with Crippen molar-refractivity contribution < 1.29 is 14.6 Å². The molecule has 5 heteroatoms. The number of hydrogen-bond acceptors (Lipinski definition) is 4. The smallest absolute Gasteiger partial charge is 0.226 e. The van der Waals surface area contributed by atoms with Crippen LogP contribution in [0.3, 0.4) is 0 Å². The summed E-state index contributed by atoms with van der Waals surface area (Å²) in [6.45, 7) is 4.75. The fourth-order valence-electron chi connectivity index (χ4n) is 4.19. The van der Waals surface area contributed by atoms with E-state index in [0.717, 1.165) is 62.4 Å². The van der Waals surface area contributed by atoms with Crippen LogP contribution in [0.1, 0.15) is 23.1 Å². The van der Waals surface area contributed by atoms with Gasteiger partial charge < -0.3 is 14.7 Å². The Morgan fingerprint density at radius 1 is 1.00 bits per heavy atom. The minimum atomic E-state index is 0.00492. The molecule has 1 amide bonds. The van der Waals surface area contributed by atoms with Crippen LogP contribution in [0, 0.1) is 5.92 Å². The van der Waals surface area contributed by atoms with Crippen LogP contribution in [0.2, 0.25) is 0 Å². The van der Waals surface area contributed by atoms with Gasteiger partial charge in [0, 0.05) is 38.6 Å². The summed E-state index contributed by atoms with van der Waals surface area (Å²) in [6, 6.07) is 16.1. The topological polar surface area (TPSA) is 53.0 Å². The first-order valence-corrected chi connectivity index (χ1v) is 10.1. The molecule has 4 rings (SSSR count). The molecule has 2 aromatic carbocycles. The van der Waals surface area contributed by atoms with Gasteiger partial charge in [0.25, 0.3) is 0 Å². The average molecular weight is 380 g/mol. The molecule has 0 bridgehead atoms. The Kier molecular flexibility index (Phi) is 5.93. The standard InChI is InChI=1S/C23H28N2O3/c26-17-21-7-2-1-6-20(21)16-24-10-12-25(13-11-24)23(27)19-9-14-28-22-8-4-3-5-18(22)15-19/h1-8,19,26H,9-17H2. The first kappa shape index (κ1) is 19.0. The third-order valence-electron chi connectivity index (χ3n) is 5.88.